The van der Waals surface area contributed by atoms with Gasteiger partial charge in [-0.25, -0.2) is 4.39 Å². The minimum absolute atomic E-state index is 0.171. The van der Waals surface area contributed by atoms with Gasteiger partial charge in [-0.05, 0) is 44.4 Å². The number of rotatable bonds is 3. The van der Waals surface area contributed by atoms with Crippen LogP contribution in [0.5, 0.6) is 0 Å². The van der Waals surface area contributed by atoms with E-state index in [1.54, 1.807) is 6.07 Å². The van der Waals surface area contributed by atoms with E-state index in [2.05, 4.69) is 33.1 Å². The largest absolute Gasteiger partial charge is 0.379 e. The molecule has 18 heavy (non-hydrogen) atoms. The molecule has 98 valence electrons. The van der Waals surface area contributed by atoms with Gasteiger partial charge in [0, 0.05) is 29.1 Å². The highest BCUT2D eigenvalue weighted by Crippen LogP contribution is 2.34. The van der Waals surface area contributed by atoms with Crippen LogP contribution in [0.2, 0.25) is 0 Å². The Morgan fingerprint density at radius 3 is 2.89 bits per heavy atom. The fourth-order valence-electron chi connectivity index (χ4n) is 2.90. The molecule has 1 saturated heterocycles. The lowest BCUT2D eigenvalue weighted by Crippen LogP contribution is -2.31. The van der Waals surface area contributed by atoms with Crippen molar-refractivity contribution in [1.82, 2.24) is 4.90 Å². The van der Waals surface area contributed by atoms with Gasteiger partial charge in [-0.3, -0.25) is 4.90 Å². The van der Waals surface area contributed by atoms with Gasteiger partial charge in [-0.15, -0.1) is 0 Å². The Hall–Kier alpha value is -0.610. The Morgan fingerprint density at radius 2 is 2.17 bits per heavy atom. The van der Waals surface area contributed by atoms with Crippen LogP contribution < -0.4 is 5.32 Å². The molecule has 1 aliphatic carbocycles. The van der Waals surface area contributed by atoms with E-state index in [4.69, 9.17) is 0 Å². The summed E-state index contributed by atoms with van der Waals surface area (Å²) < 4.78 is 14.6. The number of benzene rings is 1. The van der Waals surface area contributed by atoms with Crippen molar-refractivity contribution in [3.8, 4) is 0 Å². The zero-order chi connectivity index (χ0) is 12.7. The van der Waals surface area contributed by atoms with Crippen molar-refractivity contribution in [2.45, 2.75) is 44.3 Å². The number of halogens is 2. The first-order valence-corrected chi connectivity index (χ1v) is 7.40. The van der Waals surface area contributed by atoms with Crippen molar-refractivity contribution in [2.75, 3.05) is 11.9 Å². The van der Waals surface area contributed by atoms with Crippen LogP contribution in [0, 0.1) is 5.82 Å². The van der Waals surface area contributed by atoms with Crippen molar-refractivity contribution in [3.05, 3.63) is 28.5 Å². The lowest BCUT2D eigenvalue weighted by atomic mass is 10.2. The zero-order valence-electron chi connectivity index (χ0n) is 10.5. The van der Waals surface area contributed by atoms with Crippen LogP contribution in [0.15, 0.2) is 22.7 Å². The van der Waals surface area contributed by atoms with Crippen LogP contribution in [0.25, 0.3) is 0 Å². The molecule has 4 heteroatoms. The smallest absolute Gasteiger partial charge is 0.146 e. The second-order valence-electron chi connectivity index (χ2n) is 5.48. The van der Waals surface area contributed by atoms with Crippen LogP contribution in [-0.2, 0) is 0 Å². The molecule has 2 aliphatic rings. The predicted octanol–water partition coefficient (Wildman–Crippen LogP) is 3.63. The minimum atomic E-state index is -0.171. The highest BCUT2D eigenvalue weighted by molar-refractivity contribution is 9.10. The van der Waals surface area contributed by atoms with Gasteiger partial charge in [0.05, 0.1) is 5.69 Å². The third-order valence-electron chi connectivity index (χ3n) is 3.93. The van der Waals surface area contributed by atoms with Crippen molar-refractivity contribution < 1.29 is 4.39 Å². The van der Waals surface area contributed by atoms with E-state index in [-0.39, 0.29) is 5.82 Å². The Labute approximate surface area is 116 Å². The van der Waals surface area contributed by atoms with Gasteiger partial charge in [0.2, 0.25) is 0 Å². The van der Waals surface area contributed by atoms with Gasteiger partial charge >= 0.3 is 0 Å². The number of nitrogens with one attached hydrogen (secondary N) is 1. The molecule has 2 nitrogen and oxygen atoms in total. The van der Waals surface area contributed by atoms with Gasteiger partial charge in [0.25, 0.3) is 0 Å². The fourth-order valence-corrected chi connectivity index (χ4v) is 3.26. The molecule has 1 aliphatic heterocycles. The minimum Gasteiger partial charge on any atom is -0.379 e. The van der Waals surface area contributed by atoms with E-state index in [1.165, 1.54) is 18.9 Å². The van der Waals surface area contributed by atoms with Crippen molar-refractivity contribution >= 4 is 21.6 Å². The molecular weight excluding hydrogens is 295 g/mol. The normalized spacial score (nSPS) is 28.6. The van der Waals surface area contributed by atoms with E-state index in [0.717, 1.165) is 23.5 Å². The predicted molar refractivity (Wildman–Crippen MR) is 75.3 cm³/mol. The van der Waals surface area contributed by atoms with Gasteiger partial charge in [-0.1, -0.05) is 15.9 Å². The topological polar surface area (TPSA) is 15.3 Å². The van der Waals surface area contributed by atoms with E-state index in [0.29, 0.717) is 17.8 Å². The Morgan fingerprint density at radius 1 is 1.39 bits per heavy atom. The maximum absolute atomic E-state index is 13.7. The van der Waals surface area contributed by atoms with Crippen LogP contribution in [0.4, 0.5) is 10.1 Å². The molecule has 0 amide bonds. The molecule has 1 aromatic carbocycles. The van der Waals surface area contributed by atoms with Crippen LogP contribution in [0.3, 0.4) is 0 Å². The fraction of sp³-hybridized carbons (Fsp3) is 0.571. The lowest BCUT2D eigenvalue weighted by molar-refractivity contribution is 0.257. The Kier molecular flexibility index (Phi) is 3.32. The average Bonchev–Trinajstić information content (AvgIpc) is 3.09. The molecule has 1 heterocycles. The van der Waals surface area contributed by atoms with E-state index < -0.39 is 0 Å². The number of anilines is 1. The molecule has 1 N–H and O–H groups in total. The summed E-state index contributed by atoms with van der Waals surface area (Å²) in [7, 11) is 0. The number of likely N-dealkylation sites (tertiary alicyclic amines) is 1. The second kappa shape index (κ2) is 4.82. The second-order valence-corrected chi connectivity index (χ2v) is 6.39. The molecule has 0 radical (unpaired) electrons. The van der Waals surface area contributed by atoms with Crippen LogP contribution in [-0.4, -0.2) is 29.6 Å². The molecular formula is C14H18BrFN2. The van der Waals surface area contributed by atoms with E-state index >= 15 is 0 Å². The van der Waals surface area contributed by atoms with Crippen molar-refractivity contribution in [3.63, 3.8) is 0 Å². The third-order valence-corrected chi connectivity index (χ3v) is 4.42. The maximum atomic E-state index is 13.7. The summed E-state index contributed by atoms with van der Waals surface area (Å²) in [6, 6.07) is 6.83. The summed E-state index contributed by atoms with van der Waals surface area (Å²) in [5.74, 6) is -0.171. The molecule has 1 aromatic rings. The maximum Gasteiger partial charge on any atom is 0.146 e. The lowest BCUT2D eigenvalue weighted by Gasteiger charge is -2.20. The first-order chi connectivity index (χ1) is 8.63. The number of nitrogens with zero attached hydrogens (tertiary/aromatic N) is 1. The molecule has 3 rings (SSSR count). The summed E-state index contributed by atoms with van der Waals surface area (Å²) in [6.45, 7) is 3.31. The molecule has 0 bridgehead atoms. The van der Waals surface area contributed by atoms with Crippen LogP contribution >= 0.6 is 15.9 Å². The summed E-state index contributed by atoms with van der Waals surface area (Å²) >= 11 is 3.39. The molecule has 1 saturated carbocycles. The molecule has 0 aromatic heterocycles. The molecule has 2 unspecified atom stereocenters. The van der Waals surface area contributed by atoms with Gasteiger partial charge in [0.1, 0.15) is 5.82 Å². The van der Waals surface area contributed by atoms with Crippen LogP contribution in [0.1, 0.15) is 26.2 Å². The third kappa shape index (κ3) is 2.54. The summed E-state index contributed by atoms with van der Waals surface area (Å²) in [5.41, 5.74) is 0.610. The standard InChI is InChI=1S/C14H18BrFN2/c1-9-6-11(8-18(9)12-3-4-12)17-14-7-10(15)2-5-13(14)16/h2,5,7,9,11-12,17H,3-4,6,8H2,1H3. The SMILES string of the molecule is CC1CC(Nc2cc(Br)ccc2F)CN1C1CC1. The highest BCUT2D eigenvalue weighted by atomic mass is 79.9. The summed E-state index contributed by atoms with van der Waals surface area (Å²) in [4.78, 5) is 2.56. The zero-order valence-corrected chi connectivity index (χ0v) is 12.1. The molecule has 2 fully saturated rings. The number of hydrogen-bond donors (Lipinski definition) is 1. The summed E-state index contributed by atoms with van der Waals surface area (Å²) in [5, 5.41) is 3.35. The van der Waals surface area contributed by atoms with Gasteiger partial charge in [-0.2, -0.15) is 0 Å². The quantitative estimate of drug-likeness (QED) is 0.917. The number of hydrogen-bond acceptors (Lipinski definition) is 2. The average molecular weight is 313 g/mol. The van der Waals surface area contributed by atoms with Crippen molar-refractivity contribution in [1.29, 1.82) is 0 Å². The Bertz CT molecular complexity index is 447. The first kappa shape index (κ1) is 12.4. The first-order valence-electron chi connectivity index (χ1n) is 6.61. The van der Waals surface area contributed by atoms with E-state index in [1.807, 2.05) is 6.07 Å². The Balaban J connectivity index is 1.68. The van der Waals surface area contributed by atoms with Gasteiger partial charge < -0.3 is 5.32 Å². The monoisotopic (exact) mass is 312 g/mol. The van der Waals surface area contributed by atoms with Gasteiger partial charge in [0.15, 0.2) is 0 Å². The summed E-state index contributed by atoms with van der Waals surface area (Å²) in [6.07, 6.45) is 3.77. The van der Waals surface area contributed by atoms with Crippen molar-refractivity contribution in [2.24, 2.45) is 0 Å². The van der Waals surface area contributed by atoms with E-state index in [9.17, 15) is 4.39 Å². The molecule has 2 atom stereocenters. The highest BCUT2D eigenvalue weighted by Gasteiger charge is 2.38. The molecule has 0 spiro atoms.